The summed E-state index contributed by atoms with van der Waals surface area (Å²) in [6, 6.07) is -0.00722. The van der Waals surface area contributed by atoms with Gasteiger partial charge in [0, 0.05) is 25.8 Å². The number of nitrogens with one attached hydrogen (secondary N) is 1. The average Bonchev–Trinajstić information content (AvgIpc) is 2.77. The van der Waals surface area contributed by atoms with Crippen molar-refractivity contribution in [3.63, 3.8) is 0 Å². The smallest absolute Gasteiger partial charge is 0.321 e. The van der Waals surface area contributed by atoms with Gasteiger partial charge in [0.25, 0.3) is 0 Å². The van der Waals surface area contributed by atoms with Crippen molar-refractivity contribution in [2.75, 3.05) is 18.4 Å². The number of carbonyl (C=O) groups excluding carboxylic acids is 1. The molecule has 2 rings (SSSR count). The zero-order valence-corrected chi connectivity index (χ0v) is 10.5. The minimum absolute atomic E-state index is 0.00722. The average molecular weight is 236 g/mol. The third-order valence-electron chi connectivity index (χ3n) is 3.15. The highest BCUT2D eigenvalue weighted by Crippen LogP contribution is 2.16. The second kappa shape index (κ2) is 5.21. The zero-order chi connectivity index (χ0) is 12.3. The molecule has 0 aromatic carbocycles. The first-order chi connectivity index (χ1) is 8.19. The number of carbonyl (C=O) groups is 1. The van der Waals surface area contributed by atoms with E-state index in [2.05, 4.69) is 17.3 Å². The molecule has 94 valence electrons. The van der Waals surface area contributed by atoms with Gasteiger partial charge in [0.15, 0.2) is 0 Å². The largest absolute Gasteiger partial charge is 0.324 e. The van der Waals surface area contributed by atoms with E-state index in [0.717, 1.165) is 31.7 Å². The SMILES string of the molecule is CCn1cc(NC(=O)N2CCCC(C)C2)cn1. The highest BCUT2D eigenvalue weighted by molar-refractivity contribution is 5.89. The third-order valence-corrected chi connectivity index (χ3v) is 3.15. The van der Waals surface area contributed by atoms with Crippen LogP contribution >= 0.6 is 0 Å². The van der Waals surface area contributed by atoms with Crippen molar-refractivity contribution in [1.29, 1.82) is 0 Å². The maximum Gasteiger partial charge on any atom is 0.321 e. The van der Waals surface area contributed by atoms with Crippen LogP contribution in [0.15, 0.2) is 12.4 Å². The second-order valence-corrected chi connectivity index (χ2v) is 4.71. The van der Waals surface area contributed by atoms with Crippen molar-refractivity contribution in [3.8, 4) is 0 Å². The molecule has 1 unspecified atom stereocenters. The fourth-order valence-electron chi connectivity index (χ4n) is 2.18. The normalized spacial score (nSPS) is 20.4. The topological polar surface area (TPSA) is 50.2 Å². The quantitative estimate of drug-likeness (QED) is 0.855. The van der Waals surface area contributed by atoms with Gasteiger partial charge in [-0.05, 0) is 25.7 Å². The fourth-order valence-corrected chi connectivity index (χ4v) is 2.18. The molecule has 2 heterocycles. The van der Waals surface area contributed by atoms with Gasteiger partial charge in [0.1, 0.15) is 0 Å². The number of anilines is 1. The van der Waals surface area contributed by atoms with E-state index in [9.17, 15) is 4.79 Å². The van der Waals surface area contributed by atoms with Crippen molar-refractivity contribution < 1.29 is 4.79 Å². The van der Waals surface area contributed by atoms with Gasteiger partial charge < -0.3 is 10.2 Å². The summed E-state index contributed by atoms with van der Waals surface area (Å²) in [5.74, 6) is 0.605. The molecule has 0 radical (unpaired) electrons. The second-order valence-electron chi connectivity index (χ2n) is 4.71. The standard InChI is InChI=1S/C12H20N4O/c1-3-16-9-11(7-13-16)14-12(17)15-6-4-5-10(2)8-15/h7,9-10H,3-6,8H2,1-2H3,(H,14,17). The van der Waals surface area contributed by atoms with Crippen LogP contribution in [0, 0.1) is 5.92 Å². The lowest BCUT2D eigenvalue weighted by Gasteiger charge is -2.30. The van der Waals surface area contributed by atoms with Crippen molar-refractivity contribution >= 4 is 11.7 Å². The predicted molar refractivity (Wildman–Crippen MR) is 66.9 cm³/mol. The fraction of sp³-hybridized carbons (Fsp3) is 0.667. The molecule has 1 aromatic rings. The molecule has 1 fully saturated rings. The number of piperidine rings is 1. The summed E-state index contributed by atoms with van der Waals surface area (Å²) in [5, 5.41) is 7.02. The number of amides is 2. The molecule has 0 saturated carbocycles. The third kappa shape index (κ3) is 2.99. The Morgan fingerprint density at radius 3 is 3.12 bits per heavy atom. The Morgan fingerprint density at radius 2 is 2.47 bits per heavy atom. The molecule has 2 amide bonds. The number of rotatable bonds is 2. The van der Waals surface area contributed by atoms with Gasteiger partial charge in [-0.15, -0.1) is 0 Å². The molecular weight excluding hydrogens is 216 g/mol. The van der Waals surface area contributed by atoms with E-state index < -0.39 is 0 Å². The van der Waals surface area contributed by atoms with E-state index in [1.807, 2.05) is 18.0 Å². The zero-order valence-electron chi connectivity index (χ0n) is 10.5. The summed E-state index contributed by atoms with van der Waals surface area (Å²) < 4.78 is 1.80. The number of aryl methyl sites for hydroxylation is 1. The number of hydrogen-bond donors (Lipinski definition) is 1. The van der Waals surface area contributed by atoms with Gasteiger partial charge in [-0.25, -0.2) is 4.79 Å². The number of likely N-dealkylation sites (tertiary alicyclic amines) is 1. The molecule has 1 aliphatic rings. The van der Waals surface area contributed by atoms with E-state index in [0.29, 0.717) is 5.92 Å². The van der Waals surface area contributed by atoms with Crippen LogP contribution in [0.2, 0.25) is 0 Å². The Hall–Kier alpha value is -1.52. The Balaban J connectivity index is 1.91. The number of hydrogen-bond acceptors (Lipinski definition) is 2. The molecule has 1 aromatic heterocycles. The molecule has 1 atom stereocenters. The molecule has 1 saturated heterocycles. The van der Waals surface area contributed by atoms with Gasteiger partial charge in [0.05, 0.1) is 11.9 Å². The first kappa shape index (κ1) is 12.0. The highest BCUT2D eigenvalue weighted by atomic mass is 16.2. The van der Waals surface area contributed by atoms with Crippen LogP contribution < -0.4 is 5.32 Å². The van der Waals surface area contributed by atoms with Crippen LogP contribution in [0.5, 0.6) is 0 Å². The lowest BCUT2D eigenvalue weighted by molar-refractivity contribution is 0.182. The highest BCUT2D eigenvalue weighted by Gasteiger charge is 2.20. The van der Waals surface area contributed by atoms with Gasteiger partial charge >= 0.3 is 6.03 Å². The number of aromatic nitrogens is 2. The van der Waals surface area contributed by atoms with E-state index in [-0.39, 0.29) is 6.03 Å². The predicted octanol–water partition coefficient (Wildman–Crippen LogP) is 2.17. The maximum absolute atomic E-state index is 12.0. The first-order valence-electron chi connectivity index (χ1n) is 6.27. The lowest BCUT2D eigenvalue weighted by Crippen LogP contribution is -2.41. The summed E-state index contributed by atoms with van der Waals surface area (Å²) in [4.78, 5) is 13.9. The molecule has 0 bridgehead atoms. The first-order valence-corrected chi connectivity index (χ1v) is 6.27. The van der Waals surface area contributed by atoms with Crippen molar-refractivity contribution in [2.24, 2.45) is 5.92 Å². The van der Waals surface area contributed by atoms with Gasteiger partial charge in [-0.2, -0.15) is 5.10 Å². The van der Waals surface area contributed by atoms with Crippen molar-refractivity contribution in [2.45, 2.75) is 33.2 Å². The minimum Gasteiger partial charge on any atom is -0.324 e. The number of nitrogens with zero attached hydrogens (tertiary/aromatic N) is 3. The molecule has 0 aliphatic carbocycles. The number of urea groups is 1. The van der Waals surface area contributed by atoms with Gasteiger partial charge in [-0.1, -0.05) is 6.92 Å². The van der Waals surface area contributed by atoms with E-state index >= 15 is 0 Å². The Labute approximate surface area is 102 Å². The lowest BCUT2D eigenvalue weighted by atomic mass is 10.0. The molecule has 5 nitrogen and oxygen atoms in total. The molecule has 1 aliphatic heterocycles. The van der Waals surface area contributed by atoms with Crippen LogP contribution in [-0.4, -0.2) is 33.8 Å². The molecular formula is C12H20N4O. The minimum atomic E-state index is -0.00722. The molecule has 0 spiro atoms. The van der Waals surface area contributed by atoms with E-state index in [4.69, 9.17) is 0 Å². The molecule has 17 heavy (non-hydrogen) atoms. The van der Waals surface area contributed by atoms with Crippen LogP contribution in [0.3, 0.4) is 0 Å². The van der Waals surface area contributed by atoms with E-state index in [1.54, 1.807) is 10.9 Å². The molecule has 1 N–H and O–H groups in total. The van der Waals surface area contributed by atoms with Crippen molar-refractivity contribution in [3.05, 3.63) is 12.4 Å². The summed E-state index contributed by atoms with van der Waals surface area (Å²) in [5.41, 5.74) is 0.773. The van der Waals surface area contributed by atoms with Gasteiger partial charge in [0.2, 0.25) is 0 Å². The summed E-state index contributed by atoms with van der Waals surface area (Å²) in [6.07, 6.45) is 5.86. The van der Waals surface area contributed by atoms with Crippen LogP contribution in [0.1, 0.15) is 26.7 Å². The maximum atomic E-state index is 12.0. The van der Waals surface area contributed by atoms with E-state index in [1.165, 1.54) is 6.42 Å². The van der Waals surface area contributed by atoms with Crippen LogP contribution in [0.4, 0.5) is 10.5 Å². The Kier molecular flexibility index (Phi) is 3.66. The molecule has 5 heteroatoms. The van der Waals surface area contributed by atoms with Crippen LogP contribution in [-0.2, 0) is 6.54 Å². The monoisotopic (exact) mass is 236 g/mol. The van der Waals surface area contributed by atoms with Crippen molar-refractivity contribution in [1.82, 2.24) is 14.7 Å². The summed E-state index contributed by atoms with van der Waals surface area (Å²) >= 11 is 0. The Morgan fingerprint density at radius 1 is 1.65 bits per heavy atom. The Bertz CT molecular complexity index is 388. The summed E-state index contributed by atoms with van der Waals surface area (Å²) in [6.45, 7) is 6.74. The van der Waals surface area contributed by atoms with Crippen LogP contribution in [0.25, 0.3) is 0 Å². The van der Waals surface area contributed by atoms with Gasteiger partial charge in [-0.3, -0.25) is 4.68 Å². The summed E-state index contributed by atoms with van der Waals surface area (Å²) in [7, 11) is 0.